The molecule has 0 aliphatic heterocycles. The Kier molecular flexibility index (Phi) is 3.38. The highest BCUT2D eigenvalue weighted by atomic mass is 16.5. The number of nitrogens with zero attached hydrogens (tertiary/aromatic N) is 1. The van der Waals surface area contributed by atoms with Crippen molar-refractivity contribution in [3.63, 3.8) is 0 Å². The molecule has 0 spiro atoms. The van der Waals surface area contributed by atoms with E-state index in [1.807, 2.05) is 12.1 Å². The molecule has 2 aromatic rings. The van der Waals surface area contributed by atoms with Gasteiger partial charge in [-0.2, -0.15) is 0 Å². The number of likely N-dealkylation sites (N-methyl/N-ethyl adjacent to an activating group) is 1. The predicted molar refractivity (Wildman–Crippen MR) is 71.8 cm³/mol. The third kappa shape index (κ3) is 2.29. The van der Waals surface area contributed by atoms with E-state index < -0.39 is 0 Å². The molecule has 17 heavy (non-hydrogen) atoms. The zero-order chi connectivity index (χ0) is 12.4. The summed E-state index contributed by atoms with van der Waals surface area (Å²) >= 11 is 0. The first-order valence-electron chi connectivity index (χ1n) is 5.92. The third-order valence-corrected chi connectivity index (χ3v) is 3.13. The molecule has 1 N–H and O–H groups in total. The number of fused-ring (bicyclic) bond motifs is 1. The van der Waals surface area contributed by atoms with Gasteiger partial charge in [-0.1, -0.05) is 6.07 Å². The summed E-state index contributed by atoms with van der Waals surface area (Å²) in [6.07, 6.45) is 1.04. The van der Waals surface area contributed by atoms with Crippen LogP contribution in [0.1, 0.15) is 11.3 Å². The lowest BCUT2D eigenvalue weighted by Gasteiger charge is -2.10. The Bertz CT molecular complexity index is 514. The van der Waals surface area contributed by atoms with Gasteiger partial charge in [-0.25, -0.2) is 0 Å². The number of aromatic nitrogens is 1. The Morgan fingerprint density at radius 1 is 1.29 bits per heavy atom. The van der Waals surface area contributed by atoms with Crippen molar-refractivity contribution in [1.82, 2.24) is 9.88 Å². The minimum atomic E-state index is 0.959. The highest BCUT2D eigenvalue weighted by Gasteiger charge is 2.12. The monoisotopic (exact) mass is 232 g/mol. The molecule has 0 saturated carbocycles. The van der Waals surface area contributed by atoms with Gasteiger partial charge < -0.3 is 14.6 Å². The summed E-state index contributed by atoms with van der Waals surface area (Å²) in [6.45, 7) is 3.18. The molecule has 0 fully saturated rings. The van der Waals surface area contributed by atoms with Gasteiger partial charge in [0.2, 0.25) is 0 Å². The van der Waals surface area contributed by atoms with Gasteiger partial charge in [0.1, 0.15) is 5.75 Å². The fraction of sp³-hybridized carbons (Fsp3) is 0.429. The van der Waals surface area contributed by atoms with Crippen LogP contribution in [0.2, 0.25) is 0 Å². The van der Waals surface area contributed by atoms with Crippen LogP contribution < -0.4 is 4.74 Å². The first-order valence-corrected chi connectivity index (χ1v) is 5.92. The van der Waals surface area contributed by atoms with E-state index in [2.05, 4.69) is 37.0 Å². The van der Waals surface area contributed by atoms with Crippen molar-refractivity contribution in [2.24, 2.45) is 0 Å². The fourth-order valence-corrected chi connectivity index (χ4v) is 2.23. The van der Waals surface area contributed by atoms with Crippen LogP contribution in [0.4, 0.5) is 0 Å². The molecule has 0 unspecified atom stereocenters. The average Bonchev–Trinajstić information content (AvgIpc) is 2.61. The van der Waals surface area contributed by atoms with E-state index >= 15 is 0 Å². The molecule has 0 aliphatic carbocycles. The van der Waals surface area contributed by atoms with E-state index in [-0.39, 0.29) is 0 Å². The Morgan fingerprint density at radius 2 is 2.06 bits per heavy atom. The van der Waals surface area contributed by atoms with Crippen LogP contribution in [0.3, 0.4) is 0 Å². The molecule has 0 radical (unpaired) electrons. The third-order valence-electron chi connectivity index (χ3n) is 3.13. The highest BCUT2D eigenvalue weighted by molar-refractivity contribution is 5.90. The lowest BCUT2D eigenvalue weighted by atomic mass is 10.1. The minimum Gasteiger partial charge on any atom is -0.496 e. The highest BCUT2D eigenvalue weighted by Crippen LogP contribution is 2.31. The second-order valence-corrected chi connectivity index (χ2v) is 4.66. The van der Waals surface area contributed by atoms with Gasteiger partial charge in [0.25, 0.3) is 0 Å². The summed E-state index contributed by atoms with van der Waals surface area (Å²) in [4.78, 5) is 5.63. The Hall–Kier alpha value is -1.48. The largest absolute Gasteiger partial charge is 0.496 e. The zero-order valence-electron chi connectivity index (χ0n) is 11.0. The normalized spacial score (nSPS) is 11.4. The number of aryl methyl sites for hydroxylation is 1. The van der Waals surface area contributed by atoms with Crippen LogP contribution in [0.5, 0.6) is 5.75 Å². The number of hydrogen-bond acceptors (Lipinski definition) is 2. The van der Waals surface area contributed by atoms with Crippen LogP contribution in [-0.2, 0) is 6.42 Å². The summed E-state index contributed by atoms with van der Waals surface area (Å²) in [5.41, 5.74) is 3.77. The Labute approximate surface area is 102 Å². The average molecular weight is 232 g/mol. The molecule has 3 heteroatoms. The van der Waals surface area contributed by atoms with E-state index in [1.54, 1.807) is 7.11 Å². The van der Waals surface area contributed by atoms with Gasteiger partial charge in [-0.3, -0.25) is 0 Å². The van der Waals surface area contributed by atoms with Crippen molar-refractivity contribution in [2.75, 3.05) is 27.7 Å². The standard InChI is InChI=1S/C14H20N2O/c1-10-11(8-9-16(2)3)14-12(15-10)6-5-7-13(14)17-4/h5-7,15H,8-9H2,1-4H3. The van der Waals surface area contributed by atoms with Crippen LogP contribution in [0, 0.1) is 6.92 Å². The van der Waals surface area contributed by atoms with E-state index in [9.17, 15) is 0 Å². The first kappa shape index (κ1) is 12.0. The van der Waals surface area contributed by atoms with Gasteiger partial charge >= 0.3 is 0 Å². The van der Waals surface area contributed by atoms with Crippen molar-refractivity contribution in [1.29, 1.82) is 0 Å². The first-order chi connectivity index (χ1) is 8.13. The fourth-order valence-electron chi connectivity index (χ4n) is 2.23. The molecule has 2 rings (SSSR count). The van der Waals surface area contributed by atoms with Gasteiger partial charge in [-0.15, -0.1) is 0 Å². The van der Waals surface area contributed by atoms with Crippen LogP contribution in [0.25, 0.3) is 10.9 Å². The number of methoxy groups -OCH3 is 1. The maximum absolute atomic E-state index is 5.45. The van der Waals surface area contributed by atoms with Crippen molar-refractivity contribution >= 4 is 10.9 Å². The van der Waals surface area contributed by atoms with Gasteiger partial charge in [-0.05, 0) is 45.1 Å². The van der Waals surface area contributed by atoms with E-state index in [0.29, 0.717) is 0 Å². The molecule has 1 aromatic carbocycles. The summed E-state index contributed by atoms with van der Waals surface area (Å²) in [6, 6.07) is 6.14. The van der Waals surface area contributed by atoms with E-state index in [0.717, 1.165) is 24.2 Å². The number of rotatable bonds is 4. The maximum atomic E-state index is 5.45. The number of H-pyrrole nitrogens is 1. The Morgan fingerprint density at radius 3 is 2.71 bits per heavy atom. The quantitative estimate of drug-likeness (QED) is 0.877. The zero-order valence-corrected chi connectivity index (χ0v) is 11.0. The topological polar surface area (TPSA) is 28.3 Å². The van der Waals surface area contributed by atoms with Gasteiger partial charge in [0, 0.05) is 23.1 Å². The summed E-state index contributed by atoms with van der Waals surface area (Å²) in [7, 11) is 5.93. The molecule has 0 amide bonds. The second-order valence-electron chi connectivity index (χ2n) is 4.66. The number of aromatic amines is 1. The molecule has 0 aliphatic rings. The van der Waals surface area contributed by atoms with Crippen molar-refractivity contribution < 1.29 is 4.74 Å². The summed E-state index contributed by atoms with van der Waals surface area (Å²) in [5.74, 6) is 0.959. The SMILES string of the molecule is COc1cccc2[nH]c(C)c(CCN(C)C)c12. The molecule has 92 valence electrons. The second kappa shape index (κ2) is 4.80. The van der Waals surface area contributed by atoms with Gasteiger partial charge in [0.05, 0.1) is 7.11 Å². The molecule has 1 aromatic heterocycles. The molecule has 3 nitrogen and oxygen atoms in total. The molecular formula is C14H20N2O. The lowest BCUT2D eigenvalue weighted by molar-refractivity contribution is 0.411. The number of hydrogen-bond donors (Lipinski definition) is 1. The minimum absolute atomic E-state index is 0.959. The van der Waals surface area contributed by atoms with Gasteiger partial charge in [0.15, 0.2) is 0 Å². The van der Waals surface area contributed by atoms with Crippen LogP contribution in [0.15, 0.2) is 18.2 Å². The smallest absolute Gasteiger partial charge is 0.128 e. The Balaban J connectivity index is 2.48. The molecule has 1 heterocycles. The summed E-state index contributed by atoms with van der Waals surface area (Å²) in [5, 5.41) is 1.23. The lowest BCUT2D eigenvalue weighted by Crippen LogP contribution is -2.15. The van der Waals surface area contributed by atoms with Crippen molar-refractivity contribution in [2.45, 2.75) is 13.3 Å². The van der Waals surface area contributed by atoms with E-state index in [4.69, 9.17) is 4.74 Å². The van der Waals surface area contributed by atoms with Crippen LogP contribution in [-0.4, -0.2) is 37.6 Å². The van der Waals surface area contributed by atoms with Crippen LogP contribution >= 0.6 is 0 Å². The molecule has 0 saturated heterocycles. The molecule has 0 atom stereocenters. The summed E-state index contributed by atoms with van der Waals surface area (Å²) < 4.78 is 5.45. The van der Waals surface area contributed by atoms with Crippen molar-refractivity contribution in [3.05, 3.63) is 29.5 Å². The number of benzene rings is 1. The maximum Gasteiger partial charge on any atom is 0.128 e. The number of ether oxygens (including phenoxy) is 1. The van der Waals surface area contributed by atoms with E-state index in [1.165, 1.54) is 16.6 Å². The number of nitrogens with one attached hydrogen (secondary N) is 1. The molecule has 0 bridgehead atoms. The van der Waals surface area contributed by atoms with Crippen molar-refractivity contribution in [3.8, 4) is 5.75 Å². The molecular weight excluding hydrogens is 212 g/mol. The predicted octanol–water partition coefficient (Wildman–Crippen LogP) is 2.59.